The van der Waals surface area contributed by atoms with Crippen molar-refractivity contribution in [2.75, 3.05) is 0 Å². The van der Waals surface area contributed by atoms with Crippen LogP contribution in [-0.2, 0) is 9.53 Å². The molecule has 2 heteroatoms. The lowest BCUT2D eigenvalue weighted by Crippen LogP contribution is -2.29. The fourth-order valence-electron chi connectivity index (χ4n) is 1.41. The molecule has 0 atom stereocenters. The number of hydrogen-bond donors (Lipinski definition) is 0. The van der Waals surface area contributed by atoms with Crippen LogP contribution in [-0.4, -0.2) is 11.6 Å². The molecule has 0 aliphatic carbocycles. The third kappa shape index (κ3) is 2.91. The van der Waals surface area contributed by atoms with Crippen molar-refractivity contribution in [2.24, 2.45) is 0 Å². The second-order valence-electron chi connectivity index (χ2n) is 3.79. The first kappa shape index (κ1) is 8.57. The predicted octanol–water partition coefficient (Wildman–Crippen LogP) is 2.27. The molecule has 1 saturated heterocycles. The van der Waals surface area contributed by atoms with Gasteiger partial charge >= 0.3 is 5.97 Å². The van der Waals surface area contributed by atoms with Crippen molar-refractivity contribution in [3.8, 4) is 0 Å². The van der Waals surface area contributed by atoms with Crippen molar-refractivity contribution < 1.29 is 9.53 Å². The van der Waals surface area contributed by atoms with Gasteiger partial charge in [-0.15, -0.1) is 0 Å². The zero-order chi connectivity index (χ0) is 8.32. The fraction of sp³-hybridized carbons (Fsp3) is 0.889. The molecule has 64 valence electrons. The summed E-state index contributed by atoms with van der Waals surface area (Å²) in [5, 5.41) is 0. The minimum atomic E-state index is -0.225. The van der Waals surface area contributed by atoms with Gasteiger partial charge in [0, 0.05) is 6.42 Å². The third-order valence-corrected chi connectivity index (χ3v) is 2.05. The van der Waals surface area contributed by atoms with E-state index in [0.29, 0.717) is 6.42 Å². The molecule has 1 aliphatic heterocycles. The smallest absolute Gasteiger partial charge is 0.306 e. The Balaban J connectivity index is 2.49. The topological polar surface area (TPSA) is 26.3 Å². The molecule has 0 radical (unpaired) electrons. The maximum absolute atomic E-state index is 11.0. The monoisotopic (exact) mass is 156 g/mol. The van der Waals surface area contributed by atoms with E-state index < -0.39 is 0 Å². The van der Waals surface area contributed by atoms with E-state index in [9.17, 15) is 4.79 Å². The number of hydrogen-bond acceptors (Lipinski definition) is 2. The van der Waals surface area contributed by atoms with Gasteiger partial charge in [0.25, 0.3) is 0 Å². The lowest BCUT2D eigenvalue weighted by Gasteiger charge is -2.26. The van der Waals surface area contributed by atoms with Crippen LogP contribution in [0.1, 0.15) is 46.0 Å². The van der Waals surface area contributed by atoms with Gasteiger partial charge in [-0.1, -0.05) is 6.42 Å². The van der Waals surface area contributed by atoms with Crippen LogP contribution in [0.5, 0.6) is 0 Å². The highest BCUT2D eigenvalue weighted by molar-refractivity contribution is 5.69. The molecule has 0 N–H and O–H groups in total. The fourth-order valence-corrected chi connectivity index (χ4v) is 1.41. The van der Waals surface area contributed by atoms with E-state index in [-0.39, 0.29) is 11.6 Å². The summed E-state index contributed by atoms with van der Waals surface area (Å²) in [4.78, 5) is 11.0. The highest BCUT2D eigenvalue weighted by atomic mass is 16.6. The molecule has 0 bridgehead atoms. The van der Waals surface area contributed by atoms with E-state index in [1.165, 1.54) is 12.8 Å². The summed E-state index contributed by atoms with van der Waals surface area (Å²) in [6.45, 7) is 3.96. The molecule has 0 saturated carbocycles. The average Bonchev–Trinajstić information content (AvgIpc) is 1.82. The van der Waals surface area contributed by atoms with Crippen molar-refractivity contribution >= 4 is 5.97 Å². The van der Waals surface area contributed by atoms with Gasteiger partial charge in [0.2, 0.25) is 0 Å². The van der Waals surface area contributed by atoms with E-state index in [2.05, 4.69) is 0 Å². The van der Waals surface area contributed by atoms with E-state index in [0.717, 1.165) is 12.8 Å². The van der Waals surface area contributed by atoms with Crippen LogP contribution in [0.15, 0.2) is 0 Å². The largest absolute Gasteiger partial charge is 0.460 e. The van der Waals surface area contributed by atoms with Gasteiger partial charge in [0.1, 0.15) is 5.60 Å². The molecule has 1 heterocycles. The number of carbonyl (C=O) groups excluding carboxylic acids is 1. The van der Waals surface area contributed by atoms with Crippen molar-refractivity contribution in [2.45, 2.75) is 51.6 Å². The van der Waals surface area contributed by atoms with Crippen LogP contribution in [0.3, 0.4) is 0 Å². The van der Waals surface area contributed by atoms with Crippen LogP contribution in [0.2, 0.25) is 0 Å². The Morgan fingerprint density at radius 2 is 2.00 bits per heavy atom. The highest BCUT2D eigenvalue weighted by Crippen LogP contribution is 2.22. The second-order valence-corrected chi connectivity index (χ2v) is 3.79. The lowest BCUT2D eigenvalue weighted by atomic mass is 9.98. The minimum absolute atomic E-state index is 0.0327. The van der Waals surface area contributed by atoms with Crippen molar-refractivity contribution in [3.05, 3.63) is 0 Å². The van der Waals surface area contributed by atoms with Crippen LogP contribution in [0.4, 0.5) is 0 Å². The highest BCUT2D eigenvalue weighted by Gasteiger charge is 2.23. The van der Waals surface area contributed by atoms with Gasteiger partial charge in [-0.05, 0) is 33.1 Å². The summed E-state index contributed by atoms with van der Waals surface area (Å²) >= 11 is 0. The Kier molecular flexibility index (Phi) is 2.53. The molecule has 0 unspecified atom stereocenters. The van der Waals surface area contributed by atoms with Gasteiger partial charge in [-0.25, -0.2) is 0 Å². The number of rotatable bonds is 0. The zero-order valence-corrected chi connectivity index (χ0v) is 7.35. The SMILES string of the molecule is CC1(C)CCCCCC(=O)O1. The molecule has 0 aromatic rings. The molecular formula is C9H16O2. The second kappa shape index (κ2) is 3.24. The molecule has 2 nitrogen and oxygen atoms in total. The number of esters is 1. The lowest BCUT2D eigenvalue weighted by molar-refractivity contribution is -0.158. The zero-order valence-electron chi connectivity index (χ0n) is 7.35. The van der Waals surface area contributed by atoms with Gasteiger partial charge in [0.05, 0.1) is 0 Å². The quantitative estimate of drug-likeness (QED) is 0.503. The van der Waals surface area contributed by atoms with Crippen LogP contribution in [0.25, 0.3) is 0 Å². The minimum Gasteiger partial charge on any atom is -0.460 e. The third-order valence-electron chi connectivity index (χ3n) is 2.05. The summed E-state index contributed by atoms with van der Waals surface area (Å²) in [6, 6.07) is 0. The maximum Gasteiger partial charge on any atom is 0.306 e. The van der Waals surface area contributed by atoms with Crippen LogP contribution in [0, 0.1) is 0 Å². The Morgan fingerprint density at radius 3 is 2.73 bits per heavy atom. The van der Waals surface area contributed by atoms with Gasteiger partial charge < -0.3 is 4.74 Å². The van der Waals surface area contributed by atoms with Gasteiger partial charge in [-0.3, -0.25) is 4.79 Å². The van der Waals surface area contributed by atoms with Crippen molar-refractivity contribution in [1.82, 2.24) is 0 Å². The summed E-state index contributed by atoms with van der Waals surface area (Å²) in [6.07, 6.45) is 4.94. The first-order chi connectivity index (χ1) is 5.10. The summed E-state index contributed by atoms with van der Waals surface area (Å²) < 4.78 is 5.24. The Hall–Kier alpha value is -0.530. The normalized spacial score (nSPS) is 25.1. The molecule has 0 aromatic carbocycles. The van der Waals surface area contributed by atoms with Crippen molar-refractivity contribution in [3.63, 3.8) is 0 Å². The molecule has 1 rings (SSSR count). The van der Waals surface area contributed by atoms with Crippen LogP contribution >= 0.6 is 0 Å². The van der Waals surface area contributed by atoms with E-state index in [4.69, 9.17) is 4.74 Å². The first-order valence-corrected chi connectivity index (χ1v) is 4.32. The average molecular weight is 156 g/mol. The van der Waals surface area contributed by atoms with Crippen LogP contribution < -0.4 is 0 Å². The summed E-state index contributed by atoms with van der Waals surface area (Å²) in [7, 11) is 0. The maximum atomic E-state index is 11.0. The predicted molar refractivity (Wildman–Crippen MR) is 43.3 cm³/mol. The molecule has 0 amide bonds. The van der Waals surface area contributed by atoms with Gasteiger partial charge in [0.15, 0.2) is 0 Å². The molecule has 1 fully saturated rings. The number of carbonyl (C=O) groups is 1. The molecule has 0 aromatic heterocycles. The van der Waals surface area contributed by atoms with Gasteiger partial charge in [-0.2, -0.15) is 0 Å². The number of ether oxygens (including phenoxy) is 1. The van der Waals surface area contributed by atoms with E-state index >= 15 is 0 Å². The molecule has 0 spiro atoms. The van der Waals surface area contributed by atoms with E-state index in [1.807, 2.05) is 13.8 Å². The Morgan fingerprint density at radius 1 is 1.27 bits per heavy atom. The number of cyclic esters (lactones) is 1. The Bertz CT molecular complexity index is 150. The Labute approximate surface area is 67.9 Å². The summed E-state index contributed by atoms with van der Waals surface area (Å²) in [5.74, 6) is -0.0327. The molecule has 1 aliphatic rings. The standard InChI is InChI=1S/C9H16O2/c1-9(2)7-5-3-4-6-8(10)11-9/h3-7H2,1-2H3. The van der Waals surface area contributed by atoms with E-state index in [1.54, 1.807) is 0 Å². The van der Waals surface area contributed by atoms with Crippen molar-refractivity contribution in [1.29, 1.82) is 0 Å². The first-order valence-electron chi connectivity index (χ1n) is 4.32. The summed E-state index contributed by atoms with van der Waals surface area (Å²) in [5.41, 5.74) is -0.225. The molecule has 11 heavy (non-hydrogen) atoms. The molecular weight excluding hydrogens is 140 g/mol.